The van der Waals surface area contributed by atoms with Crippen molar-refractivity contribution in [2.45, 2.75) is 26.2 Å². The van der Waals surface area contributed by atoms with Crippen molar-refractivity contribution in [2.24, 2.45) is 0 Å². The van der Waals surface area contributed by atoms with Crippen LogP contribution in [0.1, 0.15) is 30.4 Å². The topological polar surface area (TPSA) is 57.5 Å². The summed E-state index contributed by atoms with van der Waals surface area (Å²) in [5.41, 5.74) is 1.49. The highest BCUT2D eigenvalue weighted by atomic mass is 16.3. The number of aromatic hydroxyl groups is 2. The third-order valence-corrected chi connectivity index (χ3v) is 2.32. The summed E-state index contributed by atoms with van der Waals surface area (Å²) in [6.07, 6.45) is 1.27. The van der Waals surface area contributed by atoms with Crippen molar-refractivity contribution in [1.82, 2.24) is 0 Å². The summed E-state index contributed by atoms with van der Waals surface area (Å²) < 4.78 is 0. The lowest BCUT2D eigenvalue weighted by Crippen LogP contribution is -1.95. The van der Waals surface area contributed by atoms with Crippen molar-refractivity contribution < 1.29 is 15.0 Å². The third-order valence-electron chi connectivity index (χ3n) is 2.32. The fraction of sp³-hybridized carbons (Fsp3) is 0.364. The van der Waals surface area contributed by atoms with Crippen molar-refractivity contribution in [3.8, 4) is 11.5 Å². The Morgan fingerprint density at radius 1 is 1.43 bits per heavy atom. The maximum atomic E-state index is 10.3. The third kappa shape index (κ3) is 2.05. The minimum absolute atomic E-state index is 0.0673. The number of carbonyl (C=O) groups is 1. The van der Waals surface area contributed by atoms with Crippen LogP contribution in [0.15, 0.2) is 12.1 Å². The number of phenols is 2. The van der Waals surface area contributed by atoms with Gasteiger partial charge in [0, 0.05) is 6.42 Å². The summed E-state index contributed by atoms with van der Waals surface area (Å²) in [5.74, 6) is -0.150. The van der Waals surface area contributed by atoms with Gasteiger partial charge < -0.3 is 15.0 Å². The average Bonchev–Trinajstić information content (AvgIpc) is 2.13. The van der Waals surface area contributed by atoms with E-state index in [0.717, 1.165) is 11.8 Å². The molecule has 0 heterocycles. The molecule has 1 unspecified atom stereocenters. The van der Waals surface area contributed by atoms with E-state index in [1.807, 2.05) is 6.92 Å². The van der Waals surface area contributed by atoms with Crippen LogP contribution in [-0.2, 0) is 4.79 Å². The maximum Gasteiger partial charge on any atom is 0.160 e. The first-order chi connectivity index (χ1) is 6.56. The van der Waals surface area contributed by atoms with E-state index in [1.54, 1.807) is 13.0 Å². The van der Waals surface area contributed by atoms with Crippen molar-refractivity contribution in [1.29, 1.82) is 0 Å². The highest BCUT2D eigenvalue weighted by Crippen LogP contribution is 2.32. The van der Waals surface area contributed by atoms with Crippen LogP contribution >= 0.6 is 0 Å². The zero-order valence-electron chi connectivity index (χ0n) is 8.32. The molecule has 0 saturated heterocycles. The number of rotatable bonds is 3. The van der Waals surface area contributed by atoms with E-state index in [2.05, 4.69) is 0 Å². The highest BCUT2D eigenvalue weighted by Gasteiger charge is 2.10. The molecule has 76 valence electrons. The predicted octanol–water partition coefficient (Wildman–Crippen LogP) is 2.10. The van der Waals surface area contributed by atoms with E-state index < -0.39 is 0 Å². The molecule has 0 radical (unpaired) electrons. The molecular weight excluding hydrogens is 180 g/mol. The number of phenolic OH excluding ortho intramolecular Hbond substituents is 2. The Morgan fingerprint density at radius 3 is 2.57 bits per heavy atom. The fourth-order valence-corrected chi connectivity index (χ4v) is 1.35. The zero-order chi connectivity index (χ0) is 10.7. The van der Waals surface area contributed by atoms with E-state index in [0.29, 0.717) is 12.0 Å². The van der Waals surface area contributed by atoms with Crippen LogP contribution in [0.25, 0.3) is 0 Å². The molecule has 1 atom stereocenters. The molecule has 1 aromatic carbocycles. The molecule has 0 aliphatic heterocycles. The second kappa shape index (κ2) is 4.13. The van der Waals surface area contributed by atoms with Gasteiger partial charge in [-0.15, -0.1) is 0 Å². The van der Waals surface area contributed by atoms with Crippen molar-refractivity contribution in [3.63, 3.8) is 0 Å². The smallest absolute Gasteiger partial charge is 0.160 e. The van der Waals surface area contributed by atoms with Crippen LogP contribution in [0, 0.1) is 6.92 Å². The van der Waals surface area contributed by atoms with Gasteiger partial charge in [0.15, 0.2) is 11.5 Å². The number of hydrogen-bond acceptors (Lipinski definition) is 3. The van der Waals surface area contributed by atoms with Gasteiger partial charge in [-0.1, -0.05) is 13.0 Å². The Labute approximate surface area is 83.0 Å². The van der Waals surface area contributed by atoms with E-state index in [-0.39, 0.29) is 17.4 Å². The summed E-state index contributed by atoms with van der Waals surface area (Å²) in [5, 5.41) is 18.7. The van der Waals surface area contributed by atoms with Gasteiger partial charge in [0.1, 0.15) is 6.29 Å². The average molecular weight is 194 g/mol. The molecule has 1 rings (SSSR count). The molecular formula is C11H14O3. The molecule has 2 N–H and O–H groups in total. The summed E-state index contributed by atoms with van der Waals surface area (Å²) >= 11 is 0. The van der Waals surface area contributed by atoms with Crippen LogP contribution in [0.4, 0.5) is 0 Å². The molecule has 0 aliphatic rings. The Balaban J connectivity index is 3.05. The van der Waals surface area contributed by atoms with Gasteiger partial charge in [-0.05, 0) is 30.0 Å². The van der Waals surface area contributed by atoms with Crippen molar-refractivity contribution >= 4 is 6.29 Å². The number of aryl methyl sites for hydroxylation is 1. The molecule has 0 saturated carbocycles. The number of hydrogen-bond donors (Lipinski definition) is 2. The SMILES string of the molecule is Cc1cc(C(C)CC=O)cc(O)c1O. The highest BCUT2D eigenvalue weighted by molar-refractivity contribution is 5.53. The van der Waals surface area contributed by atoms with Gasteiger partial charge in [-0.3, -0.25) is 0 Å². The van der Waals surface area contributed by atoms with Crippen LogP contribution < -0.4 is 0 Å². The normalized spacial score (nSPS) is 12.4. The molecule has 1 aromatic rings. The van der Waals surface area contributed by atoms with Crippen molar-refractivity contribution in [2.75, 3.05) is 0 Å². The van der Waals surface area contributed by atoms with Crippen LogP contribution in [0.3, 0.4) is 0 Å². The first-order valence-corrected chi connectivity index (χ1v) is 4.52. The van der Waals surface area contributed by atoms with E-state index in [1.165, 1.54) is 6.07 Å². The second-order valence-corrected chi connectivity index (χ2v) is 3.51. The number of carbonyl (C=O) groups excluding carboxylic acids is 1. The lowest BCUT2D eigenvalue weighted by Gasteiger charge is -2.11. The minimum Gasteiger partial charge on any atom is -0.504 e. The lowest BCUT2D eigenvalue weighted by molar-refractivity contribution is -0.108. The Hall–Kier alpha value is -1.51. The molecule has 0 fully saturated rings. The lowest BCUT2D eigenvalue weighted by atomic mass is 9.96. The second-order valence-electron chi connectivity index (χ2n) is 3.51. The molecule has 0 amide bonds. The van der Waals surface area contributed by atoms with E-state index in [4.69, 9.17) is 0 Å². The first kappa shape index (κ1) is 10.6. The molecule has 0 spiro atoms. The molecule has 0 bridgehead atoms. The zero-order valence-corrected chi connectivity index (χ0v) is 8.32. The molecule has 0 aliphatic carbocycles. The van der Waals surface area contributed by atoms with E-state index >= 15 is 0 Å². The van der Waals surface area contributed by atoms with E-state index in [9.17, 15) is 15.0 Å². The Kier molecular flexibility index (Phi) is 3.12. The standard InChI is InChI=1S/C11H14O3/c1-7(3-4-12)9-5-8(2)11(14)10(13)6-9/h4-7,13-14H,3H2,1-2H3. The van der Waals surface area contributed by atoms with Gasteiger partial charge in [-0.2, -0.15) is 0 Å². The van der Waals surface area contributed by atoms with Gasteiger partial charge in [-0.25, -0.2) is 0 Å². The van der Waals surface area contributed by atoms with Crippen molar-refractivity contribution in [3.05, 3.63) is 23.3 Å². The quantitative estimate of drug-likeness (QED) is 0.572. The summed E-state index contributed by atoms with van der Waals surface area (Å²) in [6, 6.07) is 3.28. The van der Waals surface area contributed by atoms with Crippen LogP contribution in [0.2, 0.25) is 0 Å². The molecule has 3 heteroatoms. The Morgan fingerprint density at radius 2 is 2.07 bits per heavy atom. The van der Waals surface area contributed by atoms with Gasteiger partial charge in [0.25, 0.3) is 0 Å². The van der Waals surface area contributed by atoms with Gasteiger partial charge in [0.05, 0.1) is 0 Å². The molecule has 0 aromatic heterocycles. The fourth-order valence-electron chi connectivity index (χ4n) is 1.35. The minimum atomic E-state index is -0.127. The summed E-state index contributed by atoms with van der Waals surface area (Å²) in [6.45, 7) is 3.62. The van der Waals surface area contributed by atoms with Crippen LogP contribution in [-0.4, -0.2) is 16.5 Å². The largest absolute Gasteiger partial charge is 0.504 e. The Bertz CT molecular complexity index is 321. The first-order valence-electron chi connectivity index (χ1n) is 4.52. The maximum absolute atomic E-state index is 10.3. The number of aldehydes is 1. The van der Waals surface area contributed by atoms with Gasteiger partial charge >= 0.3 is 0 Å². The molecule has 14 heavy (non-hydrogen) atoms. The molecule has 3 nitrogen and oxygen atoms in total. The summed E-state index contributed by atoms with van der Waals surface area (Å²) in [7, 11) is 0. The van der Waals surface area contributed by atoms with Gasteiger partial charge in [0.2, 0.25) is 0 Å². The summed E-state index contributed by atoms with van der Waals surface area (Å²) in [4.78, 5) is 10.3. The predicted molar refractivity (Wildman–Crippen MR) is 53.6 cm³/mol. The van der Waals surface area contributed by atoms with Crippen LogP contribution in [0.5, 0.6) is 11.5 Å². The monoisotopic (exact) mass is 194 g/mol. The number of benzene rings is 1.